The van der Waals surface area contributed by atoms with Crippen LogP contribution in [-0.4, -0.2) is 38.3 Å². The summed E-state index contributed by atoms with van der Waals surface area (Å²) in [5.41, 5.74) is 2.36. The molecule has 1 amide bonds. The van der Waals surface area contributed by atoms with E-state index in [0.29, 0.717) is 18.7 Å². The SMILES string of the molecule is COCCCNc1cncc(C(=O)NCc2ccc(OC)cc2)c1. The van der Waals surface area contributed by atoms with E-state index in [-0.39, 0.29) is 5.91 Å². The van der Waals surface area contributed by atoms with Crippen molar-refractivity contribution in [3.63, 3.8) is 0 Å². The molecule has 0 unspecified atom stereocenters. The fourth-order valence-electron chi connectivity index (χ4n) is 2.14. The van der Waals surface area contributed by atoms with Crippen molar-refractivity contribution in [3.05, 3.63) is 53.9 Å². The van der Waals surface area contributed by atoms with E-state index in [1.807, 2.05) is 24.3 Å². The maximum atomic E-state index is 12.2. The summed E-state index contributed by atoms with van der Waals surface area (Å²) in [4.78, 5) is 16.4. The minimum Gasteiger partial charge on any atom is -0.497 e. The van der Waals surface area contributed by atoms with Crippen molar-refractivity contribution >= 4 is 11.6 Å². The molecule has 1 heterocycles. The molecule has 0 saturated carbocycles. The molecule has 0 bridgehead atoms. The number of carbonyl (C=O) groups is 1. The van der Waals surface area contributed by atoms with Gasteiger partial charge < -0.3 is 20.1 Å². The molecule has 0 aliphatic heterocycles. The number of anilines is 1. The van der Waals surface area contributed by atoms with Gasteiger partial charge in [-0.3, -0.25) is 9.78 Å². The molecule has 0 aliphatic carbocycles. The van der Waals surface area contributed by atoms with E-state index >= 15 is 0 Å². The van der Waals surface area contributed by atoms with Crippen LogP contribution in [0.4, 0.5) is 5.69 Å². The first-order chi connectivity index (χ1) is 11.7. The Morgan fingerprint density at radius 1 is 1.17 bits per heavy atom. The molecule has 2 rings (SSSR count). The number of hydrogen-bond acceptors (Lipinski definition) is 5. The predicted octanol–water partition coefficient (Wildman–Crippen LogP) is 2.47. The van der Waals surface area contributed by atoms with Crippen LogP contribution in [0.1, 0.15) is 22.3 Å². The molecule has 0 radical (unpaired) electrons. The molecule has 0 fully saturated rings. The van der Waals surface area contributed by atoms with Gasteiger partial charge in [0.1, 0.15) is 5.75 Å². The van der Waals surface area contributed by atoms with E-state index in [9.17, 15) is 4.79 Å². The number of methoxy groups -OCH3 is 2. The van der Waals surface area contributed by atoms with Gasteiger partial charge in [-0.05, 0) is 30.2 Å². The molecular weight excluding hydrogens is 306 g/mol. The van der Waals surface area contributed by atoms with E-state index in [2.05, 4.69) is 15.6 Å². The van der Waals surface area contributed by atoms with Gasteiger partial charge in [0.05, 0.1) is 18.4 Å². The molecule has 128 valence electrons. The number of ether oxygens (including phenoxy) is 2. The smallest absolute Gasteiger partial charge is 0.253 e. The topological polar surface area (TPSA) is 72.5 Å². The Kier molecular flexibility index (Phi) is 7.04. The highest BCUT2D eigenvalue weighted by atomic mass is 16.5. The van der Waals surface area contributed by atoms with Gasteiger partial charge in [0, 0.05) is 39.2 Å². The first kappa shape index (κ1) is 17.7. The lowest BCUT2D eigenvalue weighted by atomic mass is 10.2. The number of carbonyl (C=O) groups excluding carboxylic acids is 1. The Hall–Kier alpha value is -2.60. The van der Waals surface area contributed by atoms with Crippen LogP contribution in [0.25, 0.3) is 0 Å². The predicted molar refractivity (Wildman–Crippen MR) is 93.4 cm³/mol. The van der Waals surface area contributed by atoms with Crippen LogP contribution >= 0.6 is 0 Å². The Morgan fingerprint density at radius 3 is 2.67 bits per heavy atom. The summed E-state index contributed by atoms with van der Waals surface area (Å²) in [5.74, 6) is 0.639. The van der Waals surface area contributed by atoms with Crippen molar-refractivity contribution in [3.8, 4) is 5.75 Å². The standard InChI is InChI=1S/C18H23N3O3/c1-23-9-3-8-20-16-10-15(12-19-13-16)18(22)21-11-14-4-6-17(24-2)7-5-14/h4-7,10,12-13,20H,3,8-9,11H2,1-2H3,(H,21,22). The van der Waals surface area contributed by atoms with Gasteiger partial charge in [0.2, 0.25) is 0 Å². The van der Waals surface area contributed by atoms with Gasteiger partial charge in [-0.2, -0.15) is 0 Å². The summed E-state index contributed by atoms with van der Waals surface area (Å²) in [7, 11) is 3.30. The Balaban J connectivity index is 1.86. The Morgan fingerprint density at radius 2 is 1.96 bits per heavy atom. The average Bonchev–Trinajstić information content (AvgIpc) is 2.64. The second kappa shape index (κ2) is 9.52. The van der Waals surface area contributed by atoms with Crippen LogP contribution in [0, 0.1) is 0 Å². The number of hydrogen-bond donors (Lipinski definition) is 2. The highest BCUT2D eigenvalue weighted by Crippen LogP contribution is 2.12. The summed E-state index contributed by atoms with van der Waals surface area (Å²) in [5, 5.41) is 6.11. The summed E-state index contributed by atoms with van der Waals surface area (Å²) in [6.07, 6.45) is 4.15. The lowest BCUT2D eigenvalue weighted by Gasteiger charge is -2.09. The number of nitrogens with zero attached hydrogens (tertiary/aromatic N) is 1. The monoisotopic (exact) mass is 329 g/mol. The maximum Gasteiger partial charge on any atom is 0.253 e. The van der Waals surface area contributed by atoms with E-state index in [1.54, 1.807) is 32.7 Å². The molecular formula is C18H23N3O3. The number of aromatic nitrogens is 1. The van der Waals surface area contributed by atoms with Gasteiger partial charge in [0.15, 0.2) is 0 Å². The van der Waals surface area contributed by atoms with Crippen molar-refractivity contribution in [2.45, 2.75) is 13.0 Å². The fraction of sp³-hybridized carbons (Fsp3) is 0.333. The highest BCUT2D eigenvalue weighted by Gasteiger charge is 2.07. The van der Waals surface area contributed by atoms with E-state index in [4.69, 9.17) is 9.47 Å². The average molecular weight is 329 g/mol. The molecule has 0 atom stereocenters. The van der Waals surface area contributed by atoms with E-state index in [0.717, 1.165) is 30.0 Å². The van der Waals surface area contributed by atoms with Crippen LogP contribution < -0.4 is 15.4 Å². The molecule has 0 spiro atoms. The summed E-state index contributed by atoms with van der Waals surface area (Å²) in [6, 6.07) is 9.38. The fourth-order valence-corrected chi connectivity index (χ4v) is 2.14. The van der Waals surface area contributed by atoms with Gasteiger partial charge in [-0.15, -0.1) is 0 Å². The second-order valence-corrected chi connectivity index (χ2v) is 5.27. The first-order valence-electron chi connectivity index (χ1n) is 7.82. The summed E-state index contributed by atoms with van der Waals surface area (Å²) >= 11 is 0. The van der Waals surface area contributed by atoms with Crippen molar-refractivity contribution < 1.29 is 14.3 Å². The largest absolute Gasteiger partial charge is 0.497 e. The van der Waals surface area contributed by atoms with Crippen molar-refractivity contribution in [2.24, 2.45) is 0 Å². The number of rotatable bonds is 9. The zero-order valence-electron chi connectivity index (χ0n) is 14.0. The zero-order chi connectivity index (χ0) is 17.2. The molecule has 24 heavy (non-hydrogen) atoms. The second-order valence-electron chi connectivity index (χ2n) is 5.27. The first-order valence-corrected chi connectivity index (χ1v) is 7.82. The van der Waals surface area contributed by atoms with Gasteiger partial charge >= 0.3 is 0 Å². The maximum absolute atomic E-state index is 12.2. The van der Waals surface area contributed by atoms with Crippen LogP contribution in [0.5, 0.6) is 5.75 Å². The zero-order valence-corrected chi connectivity index (χ0v) is 14.0. The van der Waals surface area contributed by atoms with Crippen LogP contribution in [-0.2, 0) is 11.3 Å². The summed E-state index contributed by atoms with van der Waals surface area (Å²) < 4.78 is 10.1. The molecule has 0 saturated heterocycles. The lowest BCUT2D eigenvalue weighted by molar-refractivity contribution is 0.0950. The van der Waals surface area contributed by atoms with Crippen LogP contribution in [0.2, 0.25) is 0 Å². The van der Waals surface area contributed by atoms with Gasteiger partial charge in [-0.25, -0.2) is 0 Å². The third-order valence-electron chi connectivity index (χ3n) is 3.47. The molecule has 1 aromatic carbocycles. The molecule has 2 N–H and O–H groups in total. The minimum atomic E-state index is -0.154. The van der Waals surface area contributed by atoms with Crippen molar-refractivity contribution in [2.75, 3.05) is 32.7 Å². The molecule has 6 heteroatoms. The summed E-state index contributed by atoms with van der Waals surface area (Å²) in [6.45, 7) is 1.92. The lowest BCUT2D eigenvalue weighted by Crippen LogP contribution is -2.23. The molecule has 0 aliphatic rings. The third-order valence-corrected chi connectivity index (χ3v) is 3.47. The minimum absolute atomic E-state index is 0.154. The van der Waals surface area contributed by atoms with Crippen LogP contribution in [0.3, 0.4) is 0 Å². The van der Waals surface area contributed by atoms with Crippen LogP contribution in [0.15, 0.2) is 42.7 Å². The number of pyridine rings is 1. The third kappa shape index (κ3) is 5.55. The number of nitrogens with one attached hydrogen (secondary N) is 2. The molecule has 1 aromatic heterocycles. The van der Waals surface area contributed by atoms with Gasteiger partial charge in [-0.1, -0.05) is 12.1 Å². The van der Waals surface area contributed by atoms with E-state index in [1.165, 1.54) is 0 Å². The Labute approximate surface area is 142 Å². The molecule has 2 aromatic rings. The highest BCUT2D eigenvalue weighted by molar-refractivity contribution is 5.94. The van der Waals surface area contributed by atoms with Crippen molar-refractivity contribution in [1.29, 1.82) is 0 Å². The van der Waals surface area contributed by atoms with Crippen molar-refractivity contribution in [1.82, 2.24) is 10.3 Å². The number of amides is 1. The van der Waals surface area contributed by atoms with Gasteiger partial charge in [0.25, 0.3) is 5.91 Å². The number of benzene rings is 1. The molecule has 6 nitrogen and oxygen atoms in total. The Bertz CT molecular complexity index is 644. The normalized spacial score (nSPS) is 10.2. The van der Waals surface area contributed by atoms with E-state index < -0.39 is 0 Å². The quantitative estimate of drug-likeness (QED) is 0.692.